The second kappa shape index (κ2) is 38.6. The highest BCUT2D eigenvalue weighted by Crippen LogP contribution is 2.48. The minimum atomic E-state index is -5.31. The molecule has 4 aromatic heterocycles. The summed E-state index contributed by atoms with van der Waals surface area (Å²) in [6.45, 7) is 8.72. The Kier molecular flexibility index (Phi) is 30.3. The number of phenolic OH excluding ortho intramolecular Hbond substituents is 1. The molecule has 0 saturated heterocycles. The van der Waals surface area contributed by atoms with E-state index in [0.717, 1.165) is 64.8 Å². The first kappa shape index (κ1) is 95.8. The number of carboxylic acid groups (broad SMARTS) is 1. The minimum Gasteiger partial charge on any atom is -0.507 e. The van der Waals surface area contributed by atoms with Crippen molar-refractivity contribution in [3.63, 3.8) is 0 Å². The fraction of sp³-hybridized carbons (Fsp3) is 0.229. The minimum absolute atomic E-state index is 0.155. The number of primary amides is 2. The molecule has 0 saturated carbocycles. The molecule has 122 heavy (non-hydrogen) atoms. The number of esters is 3. The van der Waals surface area contributed by atoms with Gasteiger partial charge in [0.25, 0.3) is 23.4 Å². The number of nitrogens with two attached hydrogens (primary N) is 2. The molecule has 0 fully saturated rings. The van der Waals surface area contributed by atoms with E-state index in [-0.39, 0.29) is 63.2 Å². The molecule has 39 heteroatoms. The van der Waals surface area contributed by atoms with Gasteiger partial charge >= 0.3 is 66.7 Å². The molecule has 0 radical (unpaired) electrons. The average molecular weight is 1970 g/mol. The number of benzene rings is 8. The van der Waals surface area contributed by atoms with Gasteiger partial charge in [-0.3, -0.25) is 19.2 Å². The Balaban J connectivity index is 0.000000197. The number of aliphatic carboxylic acids is 1. The van der Waals surface area contributed by atoms with Gasteiger partial charge in [0.05, 0.1) is 65.3 Å². The first-order chi connectivity index (χ1) is 57.0. The molecule has 6 N–H and O–H groups in total. The number of fused-ring (bicyclic) bond motifs is 4. The summed E-state index contributed by atoms with van der Waals surface area (Å²) in [5.74, 6) is -27.3. The number of Topliss-reactive ketones (excluding diaryl/α,β-unsaturated/α-hetero) is 2. The second-order valence-corrected chi connectivity index (χ2v) is 30.4. The van der Waals surface area contributed by atoms with Crippen molar-refractivity contribution in [2.75, 3.05) is 21.3 Å². The van der Waals surface area contributed by atoms with Crippen LogP contribution in [0.25, 0.3) is 43.6 Å². The van der Waals surface area contributed by atoms with E-state index in [4.69, 9.17) is 26.0 Å². The summed E-state index contributed by atoms with van der Waals surface area (Å²) in [7, 11) is 2.17. The van der Waals surface area contributed by atoms with Crippen LogP contribution in [0.1, 0.15) is 65.7 Å². The number of methoxy groups -OCH3 is 3. The SMILES string of the molecule is COC(=O)C(F)(Br)C(F)(F)F.COC(=O)C(F)(Oc1cccc2c1c(C(=O)C(N)=O)c(C)n2Cc1ccccc1)C(F)(F)Br.COC(=O)C(F)(Oc1cccc2c1cc(C)n2Cc1ccccc1)C(F)(F)Br.Cc1c(C(=O)C(N)=O)c2c(OC(F)(C(=O)O)C(F)(F)Br)cccc2n1Cc1ccccc1.Cc1cc2c(O)cccc2n1Cc1ccccc1. The number of alkyl halides is 17. The molecule has 646 valence electrons. The molecule has 22 nitrogen and oxygen atoms in total. The van der Waals surface area contributed by atoms with Crippen molar-refractivity contribution in [2.45, 2.75) is 96.7 Å². The van der Waals surface area contributed by atoms with E-state index in [1.807, 2.05) is 128 Å². The number of ether oxygens (including phenoxy) is 6. The summed E-state index contributed by atoms with van der Waals surface area (Å²) in [5.41, 5.74) is 18.4. The summed E-state index contributed by atoms with van der Waals surface area (Å²) in [6.07, 6.45) is -5.31. The molecule has 12 aromatic rings. The third kappa shape index (κ3) is 20.7. The fourth-order valence-electron chi connectivity index (χ4n) is 12.3. The van der Waals surface area contributed by atoms with Crippen LogP contribution in [0.3, 0.4) is 0 Å². The Morgan fingerprint density at radius 1 is 0.369 bits per heavy atom. The maximum atomic E-state index is 15.2. The number of carbonyl (C=O) groups excluding carboxylic acids is 7. The van der Waals surface area contributed by atoms with E-state index in [1.54, 1.807) is 108 Å². The number of amides is 2. The number of aromatic hydroxyl groups is 1. The lowest BCUT2D eigenvalue weighted by Gasteiger charge is -2.27. The number of hydrogen-bond donors (Lipinski definition) is 4. The standard InChI is InChI=1S/C22H18BrF3N2O5.C21H16BrF3N2O5.C20H17BrF3NO3.C16H15NO.C4H3BrF4O2/c1-12-16(18(29)19(27)30)17-14(28(12)11-13-7-4-3-5-8-13)9-6-10-15(17)33-21(24,20(31)32-2)22(23,25)26;1-11-15(17(28)18(26)29)16-13(27(11)10-12-6-3-2-4-7-12)8-5-9-14(16)32-20(23,19(30)31)21(22,24)25;1-13-11-15-16(25(13)12-14-7-4-3-5-8-14)9-6-10-17(15)28-19(22,18(26)27-2)20(21,23)24;1-12-10-14-15(8-5-9-16(14)18)17(12)11-13-6-3-2-4-7-13;1-11-2(10)3(5,6)4(7,8)9/h3-10H,11H2,1-2H3,(H2,27,30);2-9H,10H2,1H3,(H2,26,29)(H,30,31);3-11H,12H2,1-2H3;2-10,18H,11H2,1H3;1H3. The van der Waals surface area contributed by atoms with Crippen molar-refractivity contribution in [2.24, 2.45) is 11.5 Å². The molecular weight excluding hydrogens is 1900 g/mol. The molecular formula is C83H69Br4F13N6O16. The highest BCUT2D eigenvalue weighted by molar-refractivity contribution is 9.10. The van der Waals surface area contributed by atoms with Gasteiger partial charge in [-0.2, -0.15) is 52.7 Å². The first-order valence-electron chi connectivity index (χ1n) is 35.2. The number of aromatic nitrogens is 4. The van der Waals surface area contributed by atoms with Crippen LogP contribution >= 0.6 is 63.7 Å². The fourth-order valence-corrected chi connectivity index (χ4v) is 13.2. The molecule has 0 aliphatic heterocycles. The molecule has 4 unspecified atom stereocenters. The van der Waals surface area contributed by atoms with Crippen molar-refractivity contribution < 1.29 is 134 Å². The molecule has 4 atom stereocenters. The molecule has 0 spiro atoms. The van der Waals surface area contributed by atoms with Gasteiger partial charge in [0.15, 0.2) is 0 Å². The number of carboxylic acids is 1. The molecule has 8 aromatic carbocycles. The number of nitrogens with zero attached hydrogens (tertiary/aromatic N) is 4. The zero-order valence-corrected chi connectivity index (χ0v) is 70.8. The molecule has 12 rings (SSSR count). The number of carbonyl (C=O) groups is 8. The Hall–Kier alpha value is -11.7. The second-order valence-electron chi connectivity index (χ2n) is 26.3. The van der Waals surface area contributed by atoms with E-state index < -0.39 is 102 Å². The summed E-state index contributed by atoms with van der Waals surface area (Å²) < 4.78 is 204. The van der Waals surface area contributed by atoms with Crippen molar-refractivity contribution >= 4 is 155 Å². The van der Waals surface area contributed by atoms with Crippen LogP contribution in [-0.4, -0.2) is 140 Å². The molecule has 0 aliphatic carbocycles. The van der Waals surface area contributed by atoms with Crippen molar-refractivity contribution in [1.82, 2.24) is 18.3 Å². The van der Waals surface area contributed by atoms with Gasteiger partial charge < -0.3 is 68.4 Å². The first-order valence-corrected chi connectivity index (χ1v) is 38.3. The molecule has 0 bridgehead atoms. The third-order valence-electron chi connectivity index (χ3n) is 18.3. The largest absolute Gasteiger partial charge is 0.507 e. The van der Waals surface area contributed by atoms with Crippen molar-refractivity contribution in [3.05, 3.63) is 262 Å². The summed E-state index contributed by atoms with van der Waals surface area (Å²) >= 11 is 6.97. The van der Waals surface area contributed by atoms with Crippen LogP contribution in [0, 0.1) is 27.7 Å². The van der Waals surface area contributed by atoms with Crippen LogP contribution in [0.5, 0.6) is 23.0 Å². The summed E-state index contributed by atoms with van der Waals surface area (Å²) in [6, 6.07) is 59.8. The van der Waals surface area contributed by atoms with Crippen LogP contribution in [0.2, 0.25) is 0 Å². The van der Waals surface area contributed by atoms with Crippen molar-refractivity contribution in [3.8, 4) is 23.0 Å². The Morgan fingerprint density at radius 2 is 0.656 bits per heavy atom. The van der Waals surface area contributed by atoms with Gasteiger partial charge in [0, 0.05) is 59.7 Å². The predicted molar refractivity (Wildman–Crippen MR) is 435 cm³/mol. The van der Waals surface area contributed by atoms with E-state index in [1.165, 1.54) is 49.7 Å². The topological polar surface area (TPSA) is 304 Å². The van der Waals surface area contributed by atoms with Gasteiger partial charge in [-0.15, -0.1) is 0 Å². The highest BCUT2D eigenvalue weighted by Gasteiger charge is 2.66. The number of aryl methyl sites for hydroxylation is 2. The van der Waals surface area contributed by atoms with Crippen LogP contribution in [0.4, 0.5) is 57.1 Å². The normalized spacial score (nSPS) is 13.5. The van der Waals surface area contributed by atoms with E-state index >= 15 is 4.39 Å². The monoisotopic (exact) mass is 1970 g/mol. The number of phenols is 1. The smallest absolute Gasteiger partial charge is 0.444 e. The quantitative estimate of drug-likeness (QED) is 0.0103. The van der Waals surface area contributed by atoms with Crippen LogP contribution in [0.15, 0.2) is 206 Å². The number of halogens is 17. The molecule has 4 heterocycles. The van der Waals surface area contributed by atoms with Crippen LogP contribution in [-0.2, 0) is 69.2 Å². The summed E-state index contributed by atoms with van der Waals surface area (Å²) in [4.78, 5) is 80.2. The molecule has 2 amide bonds. The van der Waals surface area contributed by atoms with Gasteiger partial charge in [-0.05, 0) is 174 Å². The van der Waals surface area contributed by atoms with Gasteiger partial charge in [-0.1, -0.05) is 146 Å². The van der Waals surface area contributed by atoms with E-state index in [0.29, 0.717) is 37.4 Å². The Morgan fingerprint density at radius 3 is 0.959 bits per heavy atom. The molecule has 0 aliphatic rings. The lowest BCUT2D eigenvalue weighted by Crippen LogP contribution is -2.52. The lowest BCUT2D eigenvalue weighted by molar-refractivity contribution is -0.213. The van der Waals surface area contributed by atoms with Crippen LogP contribution < -0.4 is 25.7 Å². The maximum Gasteiger partial charge on any atom is 0.444 e. The zero-order chi connectivity index (χ0) is 90.7. The highest BCUT2D eigenvalue weighted by atomic mass is 79.9. The maximum absolute atomic E-state index is 15.2. The van der Waals surface area contributed by atoms with Gasteiger partial charge in [0.1, 0.15) is 23.0 Å². The number of hydrogen-bond acceptors (Lipinski definition) is 15. The van der Waals surface area contributed by atoms with E-state index in [9.17, 15) is 96.1 Å². The van der Waals surface area contributed by atoms with Crippen molar-refractivity contribution in [1.29, 1.82) is 0 Å². The van der Waals surface area contributed by atoms with Gasteiger partial charge in [-0.25, -0.2) is 23.6 Å². The third-order valence-corrected chi connectivity index (χ3v) is 20.6. The average Bonchev–Trinajstić information content (AvgIpc) is 1.57. The number of ketones is 2. The number of rotatable bonds is 25. The lowest BCUT2D eigenvalue weighted by atomic mass is 10.1. The Bertz CT molecular complexity index is 5870. The Labute approximate surface area is 717 Å². The predicted octanol–water partition coefficient (Wildman–Crippen LogP) is 18.3. The summed E-state index contributed by atoms with van der Waals surface area (Å²) in [5, 5.41) is 19.9. The van der Waals surface area contributed by atoms with E-state index in [2.05, 4.69) is 42.6 Å². The van der Waals surface area contributed by atoms with Gasteiger partial charge in [0.2, 0.25) is 0 Å². The zero-order valence-electron chi connectivity index (χ0n) is 64.4.